The molecule has 0 bridgehead atoms. The number of hydrogen-bond acceptors (Lipinski definition) is 6. The Morgan fingerprint density at radius 2 is 2.00 bits per heavy atom. The van der Waals surface area contributed by atoms with Gasteiger partial charge in [-0.3, -0.25) is 4.90 Å². The molecule has 10 heteroatoms. The number of rotatable bonds is 5. The number of hydrogen-bond donors (Lipinski definition) is 1. The molecular formula is C18H27F3N2O5. The minimum atomic E-state index is -5.08. The lowest BCUT2D eigenvalue weighted by Gasteiger charge is -2.36. The molecule has 7 nitrogen and oxygen atoms in total. The molecule has 2 fully saturated rings. The molecule has 3 heterocycles. The van der Waals surface area contributed by atoms with Crippen LogP contribution in [-0.4, -0.2) is 65.3 Å². The zero-order valence-electron chi connectivity index (χ0n) is 16.3. The number of carboxylic acid groups (broad SMARTS) is 1. The molecule has 2 aliphatic rings. The monoisotopic (exact) mass is 408 g/mol. The molecule has 2 saturated heterocycles. The van der Waals surface area contributed by atoms with Crippen molar-refractivity contribution in [2.75, 3.05) is 19.8 Å². The molecule has 0 spiro atoms. The fraction of sp³-hybridized carbons (Fsp3) is 0.778. The molecule has 3 atom stereocenters. The van der Waals surface area contributed by atoms with Gasteiger partial charge in [-0.15, -0.1) is 0 Å². The summed E-state index contributed by atoms with van der Waals surface area (Å²) in [7, 11) is 0. The molecular weight excluding hydrogens is 381 g/mol. The number of halogens is 3. The number of fused-ring (bicyclic) bond motifs is 1. The Morgan fingerprint density at radius 3 is 2.54 bits per heavy atom. The van der Waals surface area contributed by atoms with Crippen molar-refractivity contribution >= 4 is 5.97 Å². The zero-order chi connectivity index (χ0) is 20.9. The lowest BCUT2D eigenvalue weighted by molar-refractivity contribution is -0.192. The van der Waals surface area contributed by atoms with E-state index in [2.05, 4.69) is 10.1 Å². The van der Waals surface area contributed by atoms with E-state index in [0.717, 1.165) is 50.6 Å². The fourth-order valence-corrected chi connectivity index (χ4v) is 3.58. The van der Waals surface area contributed by atoms with Gasteiger partial charge in [0.2, 0.25) is 0 Å². The minimum Gasteiger partial charge on any atom is -0.475 e. The Hall–Kier alpha value is -1.65. The Balaban J connectivity index is 0.000000345. The number of aryl methyl sites for hydroxylation is 2. The highest BCUT2D eigenvalue weighted by Gasteiger charge is 2.40. The number of carbonyl (C=O) groups is 1. The summed E-state index contributed by atoms with van der Waals surface area (Å²) in [6, 6.07) is 0.538. The van der Waals surface area contributed by atoms with Gasteiger partial charge in [-0.25, -0.2) is 4.79 Å². The van der Waals surface area contributed by atoms with E-state index in [1.807, 2.05) is 20.8 Å². The number of ether oxygens (including phenoxy) is 2. The molecule has 2 aliphatic heterocycles. The van der Waals surface area contributed by atoms with Gasteiger partial charge in [-0.1, -0.05) is 5.16 Å². The van der Waals surface area contributed by atoms with Crippen LogP contribution in [0, 0.1) is 13.8 Å². The van der Waals surface area contributed by atoms with E-state index in [4.69, 9.17) is 23.9 Å². The third kappa shape index (κ3) is 5.92. The second-order valence-electron chi connectivity index (χ2n) is 6.97. The number of carboxylic acids is 1. The van der Waals surface area contributed by atoms with Crippen LogP contribution >= 0.6 is 0 Å². The Labute approximate surface area is 161 Å². The first-order valence-electron chi connectivity index (χ1n) is 9.32. The van der Waals surface area contributed by atoms with Crippen molar-refractivity contribution in [1.82, 2.24) is 10.1 Å². The first kappa shape index (κ1) is 22.6. The van der Waals surface area contributed by atoms with Gasteiger partial charge in [0.15, 0.2) is 0 Å². The molecule has 3 rings (SSSR count). The molecule has 0 saturated carbocycles. The third-order valence-corrected chi connectivity index (χ3v) is 5.04. The quantitative estimate of drug-likeness (QED) is 0.801. The minimum absolute atomic E-state index is 0.283. The topological polar surface area (TPSA) is 85.0 Å². The summed E-state index contributed by atoms with van der Waals surface area (Å²) in [5, 5.41) is 11.2. The molecule has 0 aliphatic carbocycles. The Bertz CT molecular complexity index is 630. The van der Waals surface area contributed by atoms with Crippen molar-refractivity contribution in [2.45, 2.75) is 71.0 Å². The average Bonchev–Trinajstić information content (AvgIpc) is 3.17. The molecule has 0 radical (unpaired) electrons. The van der Waals surface area contributed by atoms with Gasteiger partial charge in [0.05, 0.1) is 24.5 Å². The van der Waals surface area contributed by atoms with Gasteiger partial charge >= 0.3 is 12.1 Å². The van der Waals surface area contributed by atoms with Gasteiger partial charge in [0, 0.05) is 31.3 Å². The van der Waals surface area contributed by atoms with Crippen molar-refractivity contribution in [3.05, 3.63) is 17.0 Å². The Morgan fingerprint density at radius 1 is 1.32 bits per heavy atom. The van der Waals surface area contributed by atoms with Crippen LogP contribution in [0.3, 0.4) is 0 Å². The maximum absolute atomic E-state index is 10.6. The predicted octanol–water partition coefficient (Wildman–Crippen LogP) is 3.08. The van der Waals surface area contributed by atoms with Crippen LogP contribution in [0.25, 0.3) is 0 Å². The fourth-order valence-electron chi connectivity index (χ4n) is 3.58. The summed E-state index contributed by atoms with van der Waals surface area (Å²) in [4.78, 5) is 11.4. The molecule has 0 amide bonds. The number of alkyl halides is 3. The summed E-state index contributed by atoms with van der Waals surface area (Å²) in [5.41, 5.74) is 2.26. The second-order valence-corrected chi connectivity index (χ2v) is 6.97. The van der Waals surface area contributed by atoms with E-state index in [0.29, 0.717) is 12.1 Å². The van der Waals surface area contributed by atoms with Crippen LogP contribution in [0.1, 0.15) is 43.2 Å². The third-order valence-electron chi connectivity index (χ3n) is 5.04. The van der Waals surface area contributed by atoms with Crippen LogP contribution in [0.15, 0.2) is 4.52 Å². The zero-order valence-corrected chi connectivity index (χ0v) is 16.3. The van der Waals surface area contributed by atoms with Crippen LogP contribution in [0.5, 0.6) is 0 Å². The standard InChI is InChI=1S/C16H26N2O3.C2HF3O2/c1-4-19-10-13-5-6-15-16(20-13)7-8-18(15)9-14-11(2)17-21-12(14)3;3-2(4,5)1(6)7/h13,15-16H,4-10H2,1-3H3;(H,6,7)/t13-,15+,16+;/m1./s1. The SMILES string of the molecule is CCOC[C@H]1CC[C@H]2[C@H](CCN2Cc2c(C)noc2C)O1.O=C(O)C(F)(F)F. The lowest BCUT2D eigenvalue weighted by Crippen LogP contribution is -2.43. The largest absolute Gasteiger partial charge is 0.490 e. The summed E-state index contributed by atoms with van der Waals surface area (Å²) < 4.78 is 48.7. The molecule has 0 aromatic carbocycles. The smallest absolute Gasteiger partial charge is 0.475 e. The first-order valence-corrected chi connectivity index (χ1v) is 9.32. The van der Waals surface area contributed by atoms with Crippen molar-refractivity contribution in [1.29, 1.82) is 0 Å². The van der Waals surface area contributed by atoms with Gasteiger partial charge in [0.25, 0.3) is 0 Å². The molecule has 1 aromatic rings. The number of likely N-dealkylation sites (tertiary alicyclic amines) is 1. The highest BCUT2D eigenvalue weighted by molar-refractivity contribution is 5.73. The Kier molecular flexibility index (Phi) is 7.85. The number of nitrogens with zero attached hydrogens (tertiary/aromatic N) is 2. The van der Waals surface area contributed by atoms with E-state index in [1.54, 1.807) is 0 Å². The van der Waals surface area contributed by atoms with E-state index in [1.165, 1.54) is 12.0 Å². The molecule has 160 valence electrons. The summed E-state index contributed by atoms with van der Waals surface area (Å²) >= 11 is 0. The first-order chi connectivity index (χ1) is 13.1. The molecule has 1 N–H and O–H groups in total. The molecule has 1 aromatic heterocycles. The summed E-state index contributed by atoms with van der Waals surface area (Å²) in [6.45, 7) is 9.60. The van der Waals surface area contributed by atoms with Gasteiger partial charge < -0.3 is 19.1 Å². The van der Waals surface area contributed by atoms with Crippen LogP contribution in [0.4, 0.5) is 13.2 Å². The van der Waals surface area contributed by atoms with E-state index >= 15 is 0 Å². The second kappa shape index (κ2) is 9.71. The maximum Gasteiger partial charge on any atom is 0.490 e. The normalized spacial score (nSPS) is 25.1. The van der Waals surface area contributed by atoms with Crippen molar-refractivity contribution in [2.24, 2.45) is 0 Å². The van der Waals surface area contributed by atoms with Crippen LogP contribution in [-0.2, 0) is 20.8 Å². The number of aromatic nitrogens is 1. The van der Waals surface area contributed by atoms with Crippen molar-refractivity contribution in [3.8, 4) is 0 Å². The highest BCUT2D eigenvalue weighted by atomic mass is 19.4. The maximum atomic E-state index is 10.6. The van der Waals surface area contributed by atoms with Gasteiger partial charge in [-0.05, 0) is 40.0 Å². The van der Waals surface area contributed by atoms with Gasteiger partial charge in [0.1, 0.15) is 5.76 Å². The van der Waals surface area contributed by atoms with E-state index in [-0.39, 0.29) is 6.10 Å². The van der Waals surface area contributed by atoms with Crippen molar-refractivity contribution in [3.63, 3.8) is 0 Å². The van der Waals surface area contributed by atoms with Gasteiger partial charge in [-0.2, -0.15) is 13.2 Å². The summed E-state index contributed by atoms with van der Waals surface area (Å²) in [5.74, 6) is -1.81. The lowest BCUT2D eigenvalue weighted by atomic mass is 9.99. The van der Waals surface area contributed by atoms with E-state index in [9.17, 15) is 13.2 Å². The van der Waals surface area contributed by atoms with E-state index < -0.39 is 12.1 Å². The summed E-state index contributed by atoms with van der Waals surface area (Å²) in [6.07, 6.45) is -1.02. The average molecular weight is 408 g/mol. The van der Waals surface area contributed by atoms with Crippen LogP contribution < -0.4 is 0 Å². The highest BCUT2D eigenvalue weighted by Crippen LogP contribution is 2.33. The van der Waals surface area contributed by atoms with Crippen molar-refractivity contribution < 1.29 is 37.1 Å². The molecule has 28 heavy (non-hydrogen) atoms. The predicted molar refractivity (Wildman–Crippen MR) is 92.9 cm³/mol. The number of aliphatic carboxylic acids is 1. The van der Waals surface area contributed by atoms with Crippen LogP contribution in [0.2, 0.25) is 0 Å². The molecule has 0 unspecified atom stereocenters.